The predicted molar refractivity (Wildman–Crippen MR) is 64.0 cm³/mol. The van der Waals surface area contributed by atoms with E-state index in [1.54, 1.807) is 0 Å². The van der Waals surface area contributed by atoms with Crippen LogP contribution in [0, 0.1) is 17.8 Å². The molecule has 0 bridgehead atoms. The fourth-order valence-electron chi connectivity index (χ4n) is 3.23. The smallest absolute Gasteiger partial charge is 0.332 e. The second-order valence-electron chi connectivity index (χ2n) is 5.14. The summed E-state index contributed by atoms with van der Waals surface area (Å²) in [5, 5.41) is 4.24. The topological polar surface area (TPSA) is 67.5 Å². The standard InChI is InChI=1S/C12H21N3O/c1-8-6-7-9-4-2-3-5-10(9)11(8)14-15-12(13)16/h8-10H,2-7H2,1H3,(H3,13,15,16). The molecule has 0 aromatic carbocycles. The second-order valence-corrected chi connectivity index (χ2v) is 5.14. The Hall–Kier alpha value is -1.06. The van der Waals surface area contributed by atoms with Gasteiger partial charge in [0.25, 0.3) is 0 Å². The van der Waals surface area contributed by atoms with Crippen LogP contribution >= 0.6 is 0 Å². The van der Waals surface area contributed by atoms with E-state index in [0.717, 1.165) is 5.92 Å². The molecule has 3 unspecified atom stereocenters. The summed E-state index contributed by atoms with van der Waals surface area (Å²) in [6.45, 7) is 2.20. The summed E-state index contributed by atoms with van der Waals surface area (Å²) in [4.78, 5) is 10.7. The van der Waals surface area contributed by atoms with Gasteiger partial charge in [-0.05, 0) is 37.5 Å². The Morgan fingerprint density at radius 2 is 2.06 bits per heavy atom. The highest BCUT2D eigenvalue weighted by Gasteiger charge is 2.35. The molecule has 90 valence electrons. The maximum atomic E-state index is 10.7. The normalized spacial score (nSPS) is 36.8. The summed E-state index contributed by atoms with van der Waals surface area (Å²) in [7, 11) is 0. The number of hydrazone groups is 1. The van der Waals surface area contributed by atoms with Crippen LogP contribution in [0.25, 0.3) is 0 Å². The molecular formula is C12H21N3O. The van der Waals surface area contributed by atoms with Crippen LogP contribution in [0.4, 0.5) is 4.79 Å². The van der Waals surface area contributed by atoms with Crippen molar-refractivity contribution in [1.29, 1.82) is 0 Å². The van der Waals surface area contributed by atoms with Gasteiger partial charge in [0.15, 0.2) is 0 Å². The molecule has 4 nitrogen and oxygen atoms in total. The zero-order chi connectivity index (χ0) is 11.5. The molecular weight excluding hydrogens is 202 g/mol. The van der Waals surface area contributed by atoms with Gasteiger partial charge in [-0.1, -0.05) is 19.8 Å². The van der Waals surface area contributed by atoms with E-state index in [9.17, 15) is 4.79 Å². The molecule has 0 radical (unpaired) electrons. The van der Waals surface area contributed by atoms with Gasteiger partial charge < -0.3 is 5.73 Å². The van der Waals surface area contributed by atoms with Crippen molar-refractivity contribution in [3.63, 3.8) is 0 Å². The van der Waals surface area contributed by atoms with Gasteiger partial charge in [0.1, 0.15) is 0 Å². The average molecular weight is 223 g/mol. The SMILES string of the molecule is CC1CCC2CCCCC2C1=NNC(N)=O. The highest BCUT2D eigenvalue weighted by Crippen LogP contribution is 2.40. The zero-order valence-corrected chi connectivity index (χ0v) is 9.91. The number of primary amides is 1. The molecule has 2 fully saturated rings. The van der Waals surface area contributed by atoms with Crippen molar-refractivity contribution in [3.8, 4) is 0 Å². The average Bonchev–Trinajstić information content (AvgIpc) is 2.27. The van der Waals surface area contributed by atoms with Crippen LogP contribution in [0.2, 0.25) is 0 Å². The van der Waals surface area contributed by atoms with E-state index in [2.05, 4.69) is 17.5 Å². The summed E-state index contributed by atoms with van der Waals surface area (Å²) < 4.78 is 0. The zero-order valence-electron chi connectivity index (χ0n) is 9.91. The van der Waals surface area contributed by atoms with Gasteiger partial charge in [-0.25, -0.2) is 10.2 Å². The maximum absolute atomic E-state index is 10.7. The van der Waals surface area contributed by atoms with Crippen LogP contribution in [0.5, 0.6) is 0 Å². The molecule has 2 aliphatic carbocycles. The fraction of sp³-hybridized carbons (Fsp3) is 0.833. The first-order valence-corrected chi connectivity index (χ1v) is 6.31. The molecule has 0 saturated heterocycles. The van der Waals surface area contributed by atoms with Crippen molar-refractivity contribution in [2.45, 2.75) is 45.4 Å². The highest BCUT2D eigenvalue weighted by molar-refractivity contribution is 5.90. The van der Waals surface area contributed by atoms with Crippen molar-refractivity contribution in [2.75, 3.05) is 0 Å². The number of amides is 2. The Morgan fingerprint density at radius 1 is 1.31 bits per heavy atom. The third kappa shape index (κ3) is 2.36. The second kappa shape index (κ2) is 4.85. The third-order valence-corrected chi connectivity index (χ3v) is 4.06. The Bertz CT molecular complexity index is 301. The number of nitrogens with one attached hydrogen (secondary N) is 1. The molecule has 0 aromatic rings. The molecule has 3 atom stereocenters. The number of rotatable bonds is 1. The number of hydrogen-bond acceptors (Lipinski definition) is 2. The largest absolute Gasteiger partial charge is 0.350 e. The van der Waals surface area contributed by atoms with E-state index in [1.165, 1.54) is 44.2 Å². The number of nitrogens with zero attached hydrogens (tertiary/aromatic N) is 1. The Kier molecular flexibility index (Phi) is 3.46. The van der Waals surface area contributed by atoms with Gasteiger partial charge in [0.2, 0.25) is 0 Å². The van der Waals surface area contributed by atoms with E-state index >= 15 is 0 Å². The van der Waals surface area contributed by atoms with E-state index in [0.29, 0.717) is 11.8 Å². The molecule has 0 heterocycles. The van der Waals surface area contributed by atoms with Crippen LogP contribution in [0.15, 0.2) is 5.10 Å². The maximum Gasteiger partial charge on any atom is 0.332 e. The molecule has 4 heteroatoms. The molecule has 2 aliphatic rings. The lowest BCUT2D eigenvalue weighted by Gasteiger charge is -2.39. The van der Waals surface area contributed by atoms with Gasteiger partial charge in [-0.15, -0.1) is 0 Å². The summed E-state index contributed by atoms with van der Waals surface area (Å²) in [6.07, 6.45) is 7.72. The van der Waals surface area contributed by atoms with E-state index in [1.807, 2.05) is 0 Å². The van der Waals surface area contributed by atoms with E-state index in [-0.39, 0.29) is 0 Å². The van der Waals surface area contributed by atoms with Crippen LogP contribution < -0.4 is 11.2 Å². The minimum Gasteiger partial charge on any atom is -0.350 e. The molecule has 2 amide bonds. The number of carbonyl (C=O) groups is 1. The minimum absolute atomic E-state index is 0.492. The van der Waals surface area contributed by atoms with Crippen molar-refractivity contribution >= 4 is 11.7 Å². The van der Waals surface area contributed by atoms with Crippen molar-refractivity contribution in [3.05, 3.63) is 0 Å². The molecule has 0 aliphatic heterocycles. The Balaban J connectivity index is 2.11. The number of carbonyl (C=O) groups excluding carboxylic acids is 1. The molecule has 2 saturated carbocycles. The minimum atomic E-state index is -0.558. The highest BCUT2D eigenvalue weighted by atomic mass is 16.2. The lowest BCUT2D eigenvalue weighted by atomic mass is 9.67. The van der Waals surface area contributed by atoms with Crippen LogP contribution in [0.1, 0.15) is 45.4 Å². The molecule has 16 heavy (non-hydrogen) atoms. The van der Waals surface area contributed by atoms with E-state index in [4.69, 9.17) is 5.73 Å². The van der Waals surface area contributed by atoms with Crippen LogP contribution in [-0.2, 0) is 0 Å². The van der Waals surface area contributed by atoms with Gasteiger partial charge >= 0.3 is 6.03 Å². The Labute approximate surface area is 96.7 Å². The fourth-order valence-corrected chi connectivity index (χ4v) is 3.23. The third-order valence-electron chi connectivity index (χ3n) is 4.06. The number of fused-ring (bicyclic) bond motifs is 1. The van der Waals surface area contributed by atoms with Crippen molar-refractivity contribution < 1.29 is 4.79 Å². The number of hydrogen-bond donors (Lipinski definition) is 2. The van der Waals surface area contributed by atoms with Crippen LogP contribution in [-0.4, -0.2) is 11.7 Å². The molecule has 0 aromatic heterocycles. The Morgan fingerprint density at radius 3 is 2.81 bits per heavy atom. The van der Waals surface area contributed by atoms with Gasteiger partial charge in [0.05, 0.1) is 0 Å². The quantitative estimate of drug-likeness (QED) is 0.658. The van der Waals surface area contributed by atoms with Gasteiger partial charge in [-0.2, -0.15) is 5.10 Å². The number of nitrogens with two attached hydrogens (primary N) is 1. The summed E-state index contributed by atoms with van der Waals surface area (Å²) in [6, 6.07) is -0.558. The first-order valence-electron chi connectivity index (χ1n) is 6.31. The van der Waals surface area contributed by atoms with Crippen LogP contribution in [0.3, 0.4) is 0 Å². The first-order chi connectivity index (χ1) is 7.68. The summed E-state index contributed by atoms with van der Waals surface area (Å²) in [5.74, 6) is 1.87. The summed E-state index contributed by atoms with van der Waals surface area (Å²) >= 11 is 0. The van der Waals surface area contributed by atoms with Gasteiger partial charge in [0, 0.05) is 11.6 Å². The summed E-state index contributed by atoms with van der Waals surface area (Å²) in [5.41, 5.74) is 8.65. The molecule has 3 N–H and O–H groups in total. The van der Waals surface area contributed by atoms with Gasteiger partial charge in [-0.3, -0.25) is 0 Å². The first kappa shape index (κ1) is 11.4. The van der Waals surface area contributed by atoms with Crippen molar-refractivity contribution in [1.82, 2.24) is 5.43 Å². The number of urea groups is 1. The molecule has 2 rings (SSSR count). The molecule has 0 spiro atoms. The van der Waals surface area contributed by atoms with E-state index < -0.39 is 6.03 Å². The lowest BCUT2D eigenvalue weighted by Crippen LogP contribution is -2.38. The monoisotopic (exact) mass is 223 g/mol. The predicted octanol–water partition coefficient (Wildman–Crippen LogP) is 2.25. The lowest BCUT2D eigenvalue weighted by molar-refractivity contribution is 0.239. The van der Waals surface area contributed by atoms with Crippen molar-refractivity contribution in [2.24, 2.45) is 28.6 Å².